The molecule has 2 rings (SSSR count). The monoisotopic (exact) mass is 287 g/mol. The van der Waals surface area contributed by atoms with Gasteiger partial charge in [-0.3, -0.25) is 0 Å². The highest BCUT2D eigenvalue weighted by Gasteiger charge is 2.13. The maximum atomic E-state index is 13.5. The van der Waals surface area contributed by atoms with Gasteiger partial charge in [-0.25, -0.2) is 4.39 Å². The van der Waals surface area contributed by atoms with Crippen LogP contribution in [0.2, 0.25) is 0 Å². The summed E-state index contributed by atoms with van der Waals surface area (Å²) in [4.78, 5) is 0.784. The Labute approximate surface area is 98.4 Å². The predicted molar refractivity (Wildman–Crippen MR) is 60.9 cm³/mol. The number of aromatic nitrogens is 2. The summed E-state index contributed by atoms with van der Waals surface area (Å²) < 4.78 is 18.1. The van der Waals surface area contributed by atoms with Crippen molar-refractivity contribution in [2.45, 2.75) is 6.54 Å². The van der Waals surface area contributed by atoms with Crippen molar-refractivity contribution >= 4 is 27.5 Å². The first-order valence-corrected chi connectivity index (χ1v) is 5.75. The minimum Gasteiger partial charge on any atom is -0.326 e. The fourth-order valence-corrected chi connectivity index (χ4v) is 2.12. The molecule has 2 aromatic rings. The normalized spacial score (nSPS) is 10.6. The number of nitrogens with zero attached hydrogens (tertiary/aromatic N) is 2. The summed E-state index contributed by atoms with van der Waals surface area (Å²) in [6.45, 7) is 0.318. The van der Waals surface area contributed by atoms with Crippen LogP contribution in [0.4, 0.5) is 4.39 Å². The number of rotatable bonds is 2. The molecule has 0 atom stereocenters. The first kappa shape index (κ1) is 10.7. The van der Waals surface area contributed by atoms with E-state index >= 15 is 0 Å². The second-order valence-electron chi connectivity index (χ2n) is 2.87. The van der Waals surface area contributed by atoms with Crippen LogP contribution in [0, 0.1) is 5.82 Å². The van der Waals surface area contributed by atoms with Crippen molar-refractivity contribution in [2.75, 3.05) is 0 Å². The zero-order valence-corrected chi connectivity index (χ0v) is 9.98. The molecular formula is C9H7BrFN3S. The van der Waals surface area contributed by atoms with E-state index in [4.69, 9.17) is 5.73 Å². The van der Waals surface area contributed by atoms with Crippen LogP contribution in [-0.2, 0) is 6.54 Å². The van der Waals surface area contributed by atoms with Gasteiger partial charge in [-0.05, 0) is 29.7 Å². The molecule has 0 spiro atoms. The highest BCUT2D eigenvalue weighted by atomic mass is 79.9. The van der Waals surface area contributed by atoms with Gasteiger partial charge in [-0.15, -0.1) is 5.10 Å². The Hall–Kier alpha value is -0.850. The van der Waals surface area contributed by atoms with Gasteiger partial charge in [-0.2, -0.15) is 0 Å². The zero-order chi connectivity index (χ0) is 10.8. The Balaban J connectivity index is 2.58. The van der Waals surface area contributed by atoms with Gasteiger partial charge in [0.25, 0.3) is 0 Å². The molecule has 0 aliphatic carbocycles. The van der Waals surface area contributed by atoms with Crippen LogP contribution < -0.4 is 5.73 Å². The summed E-state index contributed by atoms with van der Waals surface area (Å²) in [5.74, 6) is -0.319. The molecule has 0 saturated carbocycles. The van der Waals surface area contributed by atoms with Crippen molar-refractivity contribution in [1.29, 1.82) is 0 Å². The molecule has 0 amide bonds. The second kappa shape index (κ2) is 4.34. The molecule has 6 heteroatoms. The Morgan fingerprint density at radius 3 is 3.00 bits per heavy atom. The van der Waals surface area contributed by atoms with Crippen LogP contribution in [0.5, 0.6) is 0 Å². The maximum absolute atomic E-state index is 13.5. The number of halogens is 2. The zero-order valence-electron chi connectivity index (χ0n) is 7.58. The van der Waals surface area contributed by atoms with Crippen molar-refractivity contribution in [2.24, 2.45) is 5.73 Å². The largest absolute Gasteiger partial charge is 0.326 e. The van der Waals surface area contributed by atoms with Gasteiger partial charge >= 0.3 is 0 Å². The molecule has 3 nitrogen and oxygen atoms in total. The first-order chi connectivity index (χ1) is 7.22. The summed E-state index contributed by atoms with van der Waals surface area (Å²) in [7, 11) is 0. The number of benzene rings is 1. The fraction of sp³-hybridized carbons (Fsp3) is 0.111. The van der Waals surface area contributed by atoms with Crippen molar-refractivity contribution in [3.63, 3.8) is 0 Å². The molecule has 0 aliphatic rings. The average Bonchev–Trinajstić information content (AvgIpc) is 2.69. The van der Waals surface area contributed by atoms with Gasteiger partial charge in [0.15, 0.2) is 0 Å². The molecule has 78 valence electrons. The van der Waals surface area contributed by atoms with Gasteiger partial charge in [-0.1, -0.05) is 20.4 Å². The highest BCUT2D eigenvalue weighted by molar-refractivity contribution is 9.10. The Kier molecular flexibility index (Phi) is 3.08. The van der Waals surface area contributed by atoms with Crippen molar-refractivity contribution < 1.29 is 4.39 Å². The minimum absolute atomic E-state index is 0.318. The van der Waals surface area contributed by atoms with Gasteiger partial charge in [0.1, 0.15) is 11.5 Å². The SMILES string of the molecule is NCc1snnc1-c1cc(Br)ccc1F. The first-order valence-electron chi connectivity index (χ1n) is 4.19. The third kappa shape index (κ3) is 2.06. The lowest BCUT2D eigenvalue weighted by atomic mass is 10.1. The van der Waals surface area contributed by atoms with Crippen LogP contribution in [0.25, 0.3) is 11.3 Å². The van der Waals surface area contributed by atoms with E-state index in [9.17, 15) is 4.39 Å². The molecule has 0 bridgehead atoms. The second-order valence-corrected chi connectivity index (χ2v) is 4.63. The number of nitrogens with two attached hydrogens (primary N) is 1. The molecule has 0 saturated heterocycles. The molecule has 0 fully saturated rings. The summed E-state index contributed by atoms with van der Waals surface area (Å²) in [6.07, 6.45) is 0. The standard InChI is InChI=1S/C9H7BrFN3S/c10-5-1-2-7(11)6(3-5)9-8(4-12)15-14-13-9/h1-3H,4,12H2. The van der Waals surface area contributed by atoms with Gasteiger partial charge in [0, 0.05) is 16.6 Å². The lowest BCUT2D eigenvalue weighted by molar-refractivity contribution is 0.630. The number of hydrogen-bond donors (Lipinski definition) is 1. The fourth-order valence-electron chi connectivity index (χ4n) is 1.23. The summed E-state index contributed by atoms with van der Waals surface area (Å²) in [5, 5.41) is 3.89. The molecule has 0 aliphatic heterocycles. The van der Waals surface area contributed by atoms with E-state index in [1.54, 1.807) is 12.1 Å². The average molecular weight is 288 g/mol. The topological polar surface area (TPSA) is 51.8 Å². The number of hydrogen-bond acceptors (Lipinski definition) is 4. The molecule has 15 heavy (non-hydrogen) atoms. The molecular weight excluding hydrogens is 281 g/mol. The lowest BCUT2D eigenvalue weighted by Crippen LogP contribution is -1.96. The lowest BCUT2D eigenvalue weighted by Gasteiger charge is -2.01. The third-order valence-electron chi connectivity index (χ3n) is 1.92. The van der Waals surface area contributed by atoms with E-state index in [0.717, 1.165) is 9.35 Å². The van der Waals surface area contributed by atoms with E-state index < -0.39 is 0 Å². The van der Waals surface area contributed by atoms with E-state index in [1.807, 2.05) is 0 Å². The van der Waals surface area contributed by atoms with E-state index in [1.165, 1.54) is 17.6 Å². The molecule has 0 unspecified atom stereocenters. The van der Waals surface area contributed by atoms with Crippen LogP contribution in [-0.4, -0.2) is 9.59 Å². The minimum atomic E-state index is -0.319. The third-order valence-corrected chi connectivity index (χ3v) is 3.16. The quantitative estimate of drug-likeness (QED) is 0.924. The molecule has 1 heterocycles. The molecule has 1 aromatic heterocycles. The molecule has 2 N–H and O–H groups in total. The molecule has 0 radical (unpaired) electrons. The van der Waals surface area contributed by atoms with E-state index in [-0.39, 0.29) is 5.82 Å². The summed E-state index contributed by atoms with van der Waals surface area (Å²) >= 11 is 4.48. The van der Waals surface area contributed by atoms with Crippen LogP contribution in [0.15, 0.2) is 22.7 Å². The summed E-state index contributed by atoms with van der Waals surface area (Å²) in [5.41, 5.74) is 6.48. The smallest absolute Gasteiger partial charge is 0.132 e. The van der Waals surface area contributed by atoms with E-state index in [0.29, 0.717) is 17.8 Å². The molecule has 1 aromatic carbocycles. The van der Waals surface area contributed by atoms with Crippen LogP contribution >= 0.6 is 27.5 Å². The van der Waals surface area contributed by atoms with Crippen LogP contribution in [0.1, 0.15) is 4.88 Å². The van der Waals surface area contributed by atoms with Gasteiger partial charge in [0.2, 0.25) is 0 Å². The van der Waals surface area contributed by atoms with Crippen molar-refractivity contribution in [3.05, 3.63) is 33.4 Å². The van der Waals surface area contributed by atoms with Gasteiger partial charge < -0.3 is 5.73 Å². The van der Waals surface area contributed by atoms with Crippen molar-refractivity contribution in [1.82, 2.24) is 9.59 Å². The maximum Gasteiger partial charge on any atom is 0.132 e. The Bertz CT molecular complexity index is 486. The predicted octanol–water partition coefficient (Wildman–Crippen LogP) is 2.57. The Morgan fingerprint density at radius 1 is 1.47 bits per heavy atom. The Morgan fingerprint density at radius 2 is 2.27 bits per heavy atom. The highest BCUT2D eigenvalue weighted by Crippen LogP contribution is 2.28. The van der Waals surface area contributed by atoms with E-state index in [2.05, 4.69) is 25.5 Å². The van der Waals surface area contributed by atoms with Crippen molar-refractivity contribution in [3.8, 4) is 11.3 Å². The van der Waals surface area contributed by atoms with Crippen LogP contribution in [0.3, 0.4) is 0 Å². The summed E-state index contributed by atoms with van der Waals surface area (Å²) in [6, 6.07) is 4.70. The van der Waals surface area contributed by atoms with Gasteiger partial charge in [0.05, 0.1) is 4.88 Å².